The highest BCUT2D eigenvalue weighted by Gasteiger charge is 2.41. The molecule has 0 spiro atoms. The highest BCUT2D eigenvalue weighted by Crippen LogP contribution is 2.47. The first-order valence-corrected chi connectivity index (χ1v) is 12.8. The predicted octanol–water partition coefficient (Wildman–Crippen LogP) is 5.41. The van der Waals surface area contributed by atoms with Crippen LogP contribution in [0.2, 0.25) is 0 Å². The fourth-order valence-corrected chi connectivity index (χ4v) is 5.94. The number of hydrogen-bond donors (Lipinski definition) is 0. The topological polar surface area (TPSA) is 6.25 Å². The average molecular weight is 522 g/mol. The van der Waals surface area contributed by atoms with Crippen LogP contribution in [0.4, 0.5) is 11.4 Å². The zero-order valence-corrected chi connectivity index (χ0v) is 24.1. The fourth-order valence-electron chi connectivity index (χ4n) is 5.61. The van der Waals surface area contributed by atoms with Gasteiger partial charge in [-0.1, -0.05) is 80.6 Å². The molecule has 0 N–H and O–H groups in total. The summed E-state index contributed by atoms with van der Waals surface area (Å²) in [4.78, 5) is 2.29. The van der Waals surface area contributed by atoms with Crippen molar-refractivity contribution in [2.45, 2.75) is 58.3 Å². The van der Waals surface area contributed by atoms with E-state index in [1.807, 2.05) is 6.08 Å². The molecule has 0 atom stereocenters. The molecule has 0 amide bonds. The number of fused-ring (bicyclic) bond motifs is 2. The first kappa shape index (κ1) is 28.0. The van der Waals surface area contributed by atoms with Gasteiger partial charge in [-0.2, -0.15) is 0 Å². The third-order valence-electron chi connectivity index (χ3n) is 8.20. The zero-order valence-electron chi connectivity index (χ0n) is 22.6. The minimum Gasteiger partial charge on any atom is -1.00 e. The monoisotopic (exact) mass is 520 g/mol. The van der Waals surface area contributed by atoms with Crippen molar-refractivity contribution in [1.29, 1.82) is 0 Å². The Hall–Kier alpha value is -2.55. The van der Waals surface area contributed by atoms with Gasteiger partial charge in [0, 0.05) is 47.4 Å². The summed E-state index contributed by atoms with van der Waals surface area (Å²) in [5.74, 6) is 0. The first-order valence-electron chi connectivity index (χ1n) is 12.4. The molecule has 4 heteroatoms. The number of rotatable bonds is 2. The van der Waals surface area contributed by atoms with Gasteiger partial charge in [0.05, 0.1) is 5.41 Å². The minimum atomic E-state index is 0. The van der Waals surface area contributed by atoms with Crippen LogP contribution in [0, 0.1) is 0 Å². The van der Waals surface area contributed by atoms with Crippen molar-refractivity contribution >= 4 is 28.7 Å². The van der Waals surface area contributed by atoms with E-state index in [9.17, 15) is 0 Å². The van der Waals surface area contributed by atoms with Gasteiger partial charge in [0.15, 0.2) is 5.71 Å². The zero-order chi connectivity index (χ0) is 25.5. The second-order valence-electron chi connectivity index (χ2n) is 10.8. The lowest BCUT2D eigenvalue weighted by atomic mass is 9.82. The van der Waals surface area contributed by atoms with E-state index in [1.54, 1.807) is 0 Å². The highest BCUT2D eigenvalue weighted by molar-refractivity contribution is 6.33. The number of para-hydroxylation sites is 2. The lowest BCUT2D eigenvalue weighted by Crippen LogP contribution is -3.00. The van der Waals surface area contributed by atoms with Gasteiger partial charge < -0.3 is 17.3 Å². The van der Waals surface area contributed by atoms with E-state index in [0.717, 1.165) is 23.4 Å². The van der Waals surface area contributed by atoms with E-state index in [-0.39, 0.29) is 23.2 Å². The molecule has 0 unspecified atom stereocenters. The van der Waals surface area contributed by atoms with E-state index < -0.39 is 0 Å². The molecule has 2 aromatic carbocycles. The molecule has 0 saturated heterocycles. The molecule has 2 aromatic rings. The predicted molar refractivity (Wildman–Crippen MR) is 152 cm³/mol. The summed E-state index contributed by atoms with van der Waals surface area (Å²) in [7, 11) is 4.28. The molecular formula is C32H38Cl2N2. The molecule has 2 heterocycles. The highest BCUT2D eigenvalue weighted by atomic mass is 35.5. The number of likely N-dealkylation sites (N-methyl/N-ethyl adjacent to an activating group) is 1. The Labute approximate surface area is 228 Å². The Morgan fingerprint density at radius 1 is 0.917 bits per heavy atom. The Morgan fingerprint density at radius 2 is 1.53 bits per heavy atom. The molecular weight excluding hydrogens is 483 g/mol. The number of hydrogen-bond acceptors (Lipinski definition) is 1. The number of halogens is 2. The third-order valence-corrected chi connectivity index (χ3v) is 8.69. The maximum Gasteiger partial charge on any atom is 0.209 e. The largest absolute Gasteiger partial charge is 1.00 e. The van der Waals surface area contributed by atoms with Crippen molar-refractivity contribution in [2.75, 3.05) is 19.0 Å². The maximum atomic E-state index is 6.42. The Balaban J connectivity index is 0.000000221. The average Bonchev–Trinajstić information content (AvgIpc) is 3.36. The lowest BCUT2D eigenvalue weighted by molar-refractivity contribution is -0.403. The molecule has 190 valence electrons. The molecule has 5 rings (SSSR count). The third kappa shape index (κ3) is 4.62. The van der Waals surface area contributed by atoms with Crippen molar-refractivity contribution in [3.8, 4) is 0 Å². The van der Waals surface area contributed by atoms with Crippen LogP contribution in [0.1, 0.15) is 58.6 Å². The van der Waals surface area contributed by atoms with E-state index in [1.165, 1.54) is 39.5 Å². The van der Waals surface area contributed by atoms with Crippen LogP contribution in [0.15, 0.2) is 95.2 Å². The van der Waals surface area contributed by atoms with Gasteiger partial charge in [-0.15, -0.1) is 0 Å². The molecule has 0 bridgehead atoms. The summed E-state index contributed by atoms with van der Waals surface area (Å²) in [6, 6.07) is 17.2. The lowest BCUT2D eigenvalue weighted by Gasteiger charge is -2.23. The van der Waals surface area contributed by atoms with E-state index in [4.69, 9.17) is 11.6 Å². The number of anilines is 1. The van der Waals surface area contributed by atoms with Crippen LogP contribution in [0.25, 0.3) is 0 Å². The second-order valence-corrected chi connectivity index (χ2v) is 11.2. The molecule has 1 aliphatic carbocycles. The standard InChI is InChI=1S/C20H22ClN.C12H16N.ClH/c1-5-14-10-11-15(19(14)21)12-13-18-20(2,3)16-8-6-7-9-17(16)22(18)4;1-9-12(2,3)10-7-5-6-8-11(10)13(9)4;/h5-9,12-13H,1,10-11H2,2-4H3;5-8H,1-4H3;1H/q;+1;/p-1/b15-12+,18-13-;;. The molecule has 0 fully saturated rings. The van der Waals surface area contributed by atoms with Crippen LogP contribution in [0.5, 0.6) is 0 Å². The Morgan fingerprint density at radius 3 is 2.11 bits per heavy atom. The summed E-state index contributed by atoms with van der Waals surface area (Å²) >= 11 is 6.42. The van der Waals surface area contributed by atoms with E-state index >= 15 is 0 Å². The van der Waals surface area contributed by atoms with Crippen molar-refractivity contribution in [2.24, 2.45) is 0 Å². The smallest absolute Gasteiger partial charge is 0.209 e. The van der Waals surface area contributed by atoms with Gasteiger partial charge in [0.25, 0.3) is 0 Å². The van der Waals surface area contributed by atoms with Crippen molar-refractivity contribution in [1.82, 2.24) is 0 Å². The maximum absolute atomic E-state index is 6.42. The Kier molecular flexibility index (Phi) is 8.13. The van der Waals surface area contributed by atoms with Crippen molar-refractivity contribution in [3.63, 3.8) is 0 Å². The molecule has 0 aromatic heterocycles. The van der Waals surface area contributed by atoms with Crippen LogP contribution < -0.4 is 17.3 Å². The second kappa shape index (κ2) is 10.4. The fraction of sp³-hybridized carbons (Fsp3) is 0.344. The van der Waals surface area contributed by atoms with Gasteiger partial charge in [-0.3, -0.25) is 0 Å². The molecule has 0 radical (unpaired) electrons. The van der Waals surface area contributed by atoms with Crippen LogP contribution >= 0.6 is 11.6 Å². The van der Waals surface area contributed by atoms with Gasteiger partial charge in [-0.25, -0.2) is 4.58 Å². The van der Waals surface area contributed by atoms with E-state index in [2.05, 4.69) is 125 Å². The van der Waals surface area contributed by atoms with Crippen molar-refractivity contribution in [3.05, 3.63) is 106 Å². The normalized spacial score (nSPS) is 21.3. The van der Waals surface area contributed by atoms with E-state index in [0.29, 0.717) is 0 Å². The van der Waals surface area contributed by atoms with Gasteiger partial charge in [-0.05, 0) is 55.5 Å². The Bertz CT molecular complexity index is 1300. The molecule has 36 heavy (non-hydrogen) atoms. The summed E-state index contributed by atoms with van der Waals surface area (Å²) < 4.78 is 2.29. The van der Waals surface area contributed by atoms with Crippen LogP contribution in [0.3, 0.4) is 0 Å². The SMILES string of the molecule is C=CC1=C(Cl)/C(=C/C=C2\N(C)c3ccccc3C2(C)C)CC1.CC1=[N+](C)c2ccccc2C1(C)C.[Cl-]. The van der Waals surface area contributed by atoms with Crippen molar-refractivity contribution < 1.29 is 17.0 Å². The minimum absolute atomic E-state index is 0. The first-order chi connectivity index (χ1) is 16.5. The van der Waals surface area contributed by atoms with Gasteiger partial charge in [0.1, 0.15) is 7.05 Å². The molecule has 2 aliphatic heterocycles. The summed E-state index contributed by atoms with van der Waals surface area (Å²) in [6.07, 6.45) is 8.28. The summed E-state index contributed by atoms with van der Waals surface area (Å²) in [5.41, 5.74) is 10.8. The number of benzene rings is 2. The quantitative estimate of drug-likeness (QED) is 0.479. The van der Waals surface area contributed by atoms with Crippen LogP contribution in [-0.2, 0) is 10.8 Å². The van der Waals surface area contributed by atoms with Crippen LogP contribution in [-0.4, -0.2) is 24.4 Å². The van der Waals surface area contributed by atoms with Gasteiger partial charge >= 0.3 is 0 Å². The molecule has 0 saturated carbocycles. The summed E-state index contributed by atoms with van der Waals surface area (Å²) in [5, 5.41) is 0.878. The van der Waals surface area contributed by atoms with Gasteiger partial charge in [0.2, 0.25) is 5.69 Å². The molecule has 3 aliphatic rings. The number of allylic oxidation sites excluding steroid dienone is 7. The summed E-state index contributed by atoms with van der Waals surface area (Å²) in [6.45, 7) is 15.2. The molecule has 2 nitrogen and oxygen atoms in total. The number of nitrogens with zero attached hydrogens (tertiary/aromatic N) is 2.